The Balaban J connectivity index is 2.69. The molecule has 0 saturated heterocycles. The number of nitrogens with zero attached hydrogens (tertiary/aromatic N) is 1. The van der Waals surface area contributed by atoms with E-state index in [1.165, 1.54) is 0 Å². The molecule has 15 heavy (non-hydrogen) atoms. The molecule has 0 unspecified atom stereocenters. The topological polar surface area (TPSA) is 44.7 Å². The summed E-state index contributed by atoms with van der Waals surface area (Å²) in [5.41, 5.74) is 4.22. The van der Waals surface area contributed by atoms with Gasteiger partial charge in [0.15, 0.2) is 11.5 Å². The SMILES string of the molecule is CCOc1cc(CNN(C)C)ccc1O. The van der Waals surface area contributed by atoms with Gasteiger partial charge < -0.3 is 9.84 Å². The number of aromatic hydroxyl groups is 1. The summed E-state index contributed by atoms with van der Waals surface area (Å²) in [5, 5.41) is 11.4. The van der Waals surface area contributed by atoms with Gasteiger partial charge in [-0.3, -0.25) is 10.4 Å². The maximum atomic E-state index is 9.49. The predicted octanol–water partition coefficient (Wildman–Crippen LogP) is 1.36. The van der Waals surface area contributed by atoms with E-state index in [-0.39, 0.29) is 5.75 Å². The molecule has 0 bridgehead atoms. The first-order chi connectivity index (χ1) is 7.13. The summed E-state index contributed by atoms with van der Waals surface area (Å²) in [5.74, 6) is 0.723. The summed E-state index contributed by atoms with van der Waals surface area (Å²) in [4.78, 5) is 0. The Morgan fingerprint density at radius 3 is 2.73 bits per heavy atom. The smallest absolute Gasteiger partial charge is 0.161 e. The molecule has 1 aromatic rings. The van der Waals surface area contributed by atoms with E-state index in [1.807, 2.05) is 38.2 Å². The van der Waals surface area contributed by atoms with Crippen molar-refractivity contribution in [2.75, 3.05) is 20.7 Å². The lowest BCUT2D eigenvalue weighted by atomic mass is 10.2. The number of nitrogens with one attached hydrogen (secondary N) is 1. The molecule has 4 nitrogen and oxygen atoms in total. The van der Waals surface area contributed by atoms with E-state index in [1.54, 1.807) is 6.07 Å². The van der Waals surface area contributed by atoms with Gasteiger partial charge in [0.05, 0.1) is 6.61 Å². The number of rotatable bonds is 5. The van der Waals surface area contributed by atoms with Crippen LogP contribution in [0.1, 0.15) is 12.5 Å². The van der Waals surface area contributed by atoms with Crippen molar-refractivity contribution >= 4 is 0 Å². The van der Waals surface area contributed by atoms with Gasteiger partial charge in [-0.05, 0) is 24.6 Å². The van der Waals surface area contributed by atoms with Crippen LogP contribution >= 0.6 is 0 Å². The van der Waals surface area contributed by atoms with E-state index in [0.717, 1.165) is 5.56 Å². The number of ether oxygens (including phenoxy) is 1. The maximum absolute atomic E-state index is 9.49. The molecule has 0 spiro atoms. The monoisotopic (exact) mass is 210 g/mol. The molecule has 0 aliphatic rings. The quantitative estimate of drug-likeness (QED) is 0.720. The third-order valence-electron chi connectivity index (χ3n) is 1.92. The van der Waals surface area contributed by atoms with Gasteiger partial charge in [0.1, 0.15) is 0 Å². The van der Waals surface area contributed by atoms with Crippen molar-refractivity contribution in [3.05, 3.63) is 23.8 Å². The van der Waals surface area contributed by atoms with E-state index in [9.17, 15) is 5.11 Å². The summed E-state index contributed by atoms with van der Waals surface area (Å²) in [6.07, 6.45) is 0. The van der Waals surface area contributed by atoms with Gasteiger partial charge in [-0.1, -0.05) is 6.07 Å². The van der Waals surface area contributed by atoms with E-state index < -0.39 is 0 Å². The minimum atomic E-state index is 0.186. The molecule has 1 rings (SSSR count). The van der Waals surface area contributed by atoms with Crippen molar-refractivity contribution < 1.29 is 9.84 Å². The fourth-order valence-electron chi connectivity index (χ4n) is 1.19. The van der Waals surface area contributed by atoms with Crippen molar-refractivity contribution in [3.63, 3.8) is 0 Å². The van der Waals surface area contributed by atoms with Crippen LogP contribution in [0.5, 0.6) is 11.5 Å². The molecule has 0 aliphatic heterocycles. The zero-order valence-electron chi connectivity index (χ0n) is 9.45. The summed E-state index contributed by atoms with van der Waals surface area (Å²) < 4.78 is 5.29. The summed E-state index contributed by atoms with van der Waals surface area (Å²) >= 11 is 0. The Labute approximate surface area is 90.4 Å². The number of phenolic OH excluding ortho intramolecular Hbond substituents is 1. The molecule has 4 heteroatoms. The van der Waals surface area contributed by atoms with Gasteiger partial charge in [-0.15, -0.1) is 0 Å². The van der Waals surface area contributed by atoms with Gasteiger partial charge in [-0.2, -0.15) is 0 Å². The highest BCUT2D eigenvalue weighted by Crippen LogP contribution is 2.26. The molecule has 0 atom stereocenters. The maximum Gasteiger partial charge on any atom is 0.161 e. The molecule has 0 fully saturated rings. The van der Waals surface area contributed by atoms with Crippen LogP contribution in [0.2, 0.25) is 0 Å². The first-order valence-corrected chi connectivity index (χ1v) is 4.99. The first-order valence-electron chi connectivity index (χ1n) is 4.99. The van der Waals surface area contributed by atoms with Crippen LogP contribution < -0.4 is 10.2 Å². The van der Waals surface area contributed by atoms with Gasteiger partial charge in [0.2, 0.25) is 0 Å². The lowest BCUT2D eigenvalue weighted by Gasteiger charge is -2.13. The van der Waals surface area contributed by atoms with Crippen molar-refractivity contribution in [1.82, 2.24) is 10.4 Å². The Bertz CT molecular complexity index is 313. The van der Waals surface area contributed by atoms with E-state index in [2.05, 4.69) is 5.43 Å². The zero-order chi connectivity index (χ0) is 11.3. The average Bonchev–Trinajstić information content (AvgIpc) is 2.19. The Morgan fingerprint density at radius 2 is 2.13 bits per heavy atom. The molecular formula is C11H18N2O2. The highest BCUT2D eigenvalue weighted by molar-refractivity contribution is 5.41. The minimum Gasteiger partial charge on any atom is -0.504 e. The van der Waals surface area contributed by atoms with E-state index in [4.69, 9.17) is 4.74 Å². The first kappa shape index (κ1) is 11.8. The fourth-order valence-corrected chi connectivity index (χ4v) is 1.19. The highest BCUT2D eigenvalue weighted by atomic mass is 16.5. The van der Waals surface area contributed by atoms with Gasteiger partial charge in [0, 0.05) is 20.6 Å². The van der Waals surface area contributed by atoms with Crippen LogP contribution in [0.4, 0.5) is 0 Å². The summed E-state index contributed by atoms with van der Waals surface area (Å²) in [7, 11) is 3.87. The molecule has 0 saturated carbocycles. The van der Waals surface area contributed by atoms with Crippen LogP contribution in [-0.4, -0.2) is 30.8 Å². The van der Waals surface area contributed by atoms with E-state index in [0.29, 0.717) is 18.9 Å². The number of hydrogen-bond acceptors (Lipinski definition) is 4. The Kier molecular flexibility index (Phi) is 4.39. The second-order valence-corrected chi connectivity index (χ2v) is 3.46. The molecule has 0 amide bonds. The third kappa shape index (κ3) is 3.77. The number of hydrogen-bond donors (Lipinski definition) is 2. The van der Waals surface area contributed by atoms with Gasteiger partial charge in [0.25, 0.3) is 0 Å². The predicted molar refractivity (Wildman–Crippen MR) is 59.8 cm³/mol. The third-order valence-corrected chi connectivity index (χ3v) is 1.92. The lowest BCUT2D eigenvalue weighted by Crippen LogP contribution is -2.29. The average molecular weight is 210 g/mol. The molecule has 0 aliphatic carbocycles. The van der Waals surface area contributed by atoms with E-state index >= 15 is 0 Å². The van der Waals surface area contributed by atoms with Crippen molar-refractivity contribution in [1.29, 1.82) is 0 Å². The van der Waals surface area contributed by atoms with Crippen LogP contribution in [0.15, 0.2) is 18.2 Å². The second-order valence-electron chi connectivity index (χ2n) is 3.46. The molecule has 84 valence electrons. The lowest BCUT2D eigenvalue weighted by molar-refractivity contribution is 0.284. The van der Waals surface area contributed by atoms with Crippen molar-refractivity contribution in [2.24, 2.45) is 0 Å². The van der Waals surface area contributed by atoms with Gasteiger partial charge >= 0.3 is 0 Å². The highest BCUT2D eigenvalue weighted by Gasteiger charge is 2.03. The van der Waals surface area contributed by atoms with Gasteiger partial charge in [-0.25, -0.2) is 0 Å². The molecule has 0 radical (unpaired) electrons. The van der Waals surface area contributed by atoms with Crippen LogP contribution in [0, 0.1) is 0 Å². The molecular weight excluding hydrogens is 192 g/mol. The minimum absolute atomic E-state index is 0.186. The van der Waals surface area contributed by atoms with Crippen LogP contribution in [0.25, 0.3) is 0 Å². The zero-order valence-corrected chi connectivity index (χ0v) is 9.45. The fraction of sp³-hybridized carbons (Fsp3) is 0.455. The Hall–Kier alpha value is -1.26. The van der Waals surface area contributed by atoms with Crippen LogP contribution in [-0.2, 0) is 6.54 Å². The molecule has 0 heterocycles. The summed E-state index contributed by atoms with van der Waals surface area (Å²) in [6, 6.07) is 5.36. The molecule has 2 N–H and O–H groups in total. The van der Waals surface area contributed by atoms with Crippen LogP contribution in [0.3, 0.4) is 0 Å². The van der Waals surface area contributed by atoms with Crippen molar-refractivity contribution in [2.45, 2.75) is 13.5 Å². The number of benzene rings is 1. The largest absolute Gasteiger partial charge is 0.504 e. The number of hydrazine groups is 1. The number of phenols is 1. The standard InChI is InChI=1S/C11H18N2O2/c1-4-15-11-7-9(5-6-10(11)14)8-12-13(2)3/h5-7,12,14H,4,8H2,1-3H3. The summed E-state index contributed by atoms with van der Waals surface area (Å²) in [6.45, 7) is 3.16. The molecule has 0 aromatic heterocycles. The normalized spacial score (nSPS) is 10.7. The Morgan fingerprint density at radius 1 is 1.40 bits per heavy atom. The molecule has 1 aromatic carbocycles. The van der Waals surface area contributed by atoms with Crippen molar-refractivity contribution in [3.8, 4) is 11.5 Å². The second kappa shape index (κ2) is 5.58.